The van der Waals surface area contributed by atoms with Gasteiger partial charge in [0.25, 0.3) is 0 Å². The standard InChI is InChI=1S/2C27H28BrN5O2.C25H24BrN5O3.C24H21BrFN5O2/c1-15(2)16-3-5-17(6-4-16)22-12-11-20(13-30-22)21-14-31-33-25(29)23(28)24(32-26(21)33)18-7-9-19(10-8-18)27(34)35;1-15(2)18-4-3-5-19(12-18)22-11-10-20(13-30-22)21-14-31-33-25(29)23(28)24(32-26(21)33)16-6-8-17(9-7-16)27(34)35;1-34-18-9-6-14(7-10-18)20-11-8-17(12-28-20)19-13-29-31-23(27)21(26)22(30-24(19)31)15-2-4-16(5-3-15)25(32)33;25-20-21(13-4-6-14(7-5-13)24(32)33)30-23-18(12-29-31(23)22(20)27)16-8-9-19(28-11-16)15-2-1-3-17(26)10-15/h3-6,11-15,18-19H,7-10,29H2,1-2H3,(H,34,35);3-5,10-17H,6-9,29H2,1-2H3,(H,34,35);6-13,15-16H,2-5,27H2,1H3,(H,32,33);1-3,8-14H,4-7,27H2,(H,32,33). The lowest BCUT2D eigenvalue weighted by Crippen LogP contribution is -2.21. The van der Waals surface area contributed by atoms with Gasteiger partial charge in [-0.3, -0.25) is 39.1 Å². The van der Waals surface area contributed by atoms with E-state index < -0.39 is 23.9 Å². The van der Waals surface area contributed by atoms with Crippen molar-refractivity contribution in [3.8, 4) is 95.3 Å². The van der Waals surface area contributed by atoms with Crippen molar-refractivity contribution in [1.82, 2.24) is 78.3 Å². The highest BCUT2D eigenvalue weighted by atomic mass is 79.9. The molecule has 137 heavy (non-hydrogen) atoms. The number of carboxylic acid groups (broad SMARTS) is 4. The molecule has 0 spiro atoms. The van der Waals surface area contributed by atoms with Crippen molar-refractivity contribution in [1.29, 1.82) is 0 Å². The molecule has 12 heterocycles. The van der Waals surface area contributed by atoms with E-state index in [4.69, 9.17) is 57.6 Å². The van der Waals surface area contributed by atoms with Gasteiger partial charge in [0.2, 0.25) is 0 Å². The van der Waals surface area contributed by atoms with E-state index in [0.29, 0.717) is 125 Å². The summed E-state index contributed by atoms with van der Waals surface area (Å²) in [4.78, 5) is 83.7. The lowest BCUT2D eigenvalue weighted by Gasteiger charge is -2.26. The van der Waals surface area contributed by atoms with E-state index in [1.165, 1.54) is 23.3 Å². The summed E-state index contributed by atoms with van der Waals surface area (Å²) < 4.78 is 28.2. The number of carboxylic acids is 4. The van der Waals surface area contributed by atoms with Crippen molar-refractivity contribution in [2.45, 2.75) is 166 Å². The SMILES string of the molecule is CC(C)c1ccc(-c2ccc(-c3cnn4c(N)c(Br)c(C5CCC(C(=O)O)CC5)nc34)cn2)cc1.CC(C)c1cccc(-c2ccc(-c3cnn4c(N)c(Br)c(C5CCC(C(=O)O)CC5)nc34)cn2)c1.COc1ccc(-c2ccc(-c3cnn4c(N)c(Br)c(C5CCC(C(=O)O)CC5)nc34)cn2)cc1.Nc1c(Br)c(C2CCC(C(=O)O)CC2)nc2c(-c3ccc(-c4cccc(F)c4)nc3)cnn12. The molecule has 4 aliphatic rings. The molecule has 20 rings (SSSR count). The zero-order valence-corrected chi connectivity index (χ0v) is 82.1. The molecule has 0 aliphatic heterocycles. The normalized spacial score (nSPS) is 18.3. The van der Waals surface area contributed by atoms with Crippen LogP contribution in [0.3, 0.4) is 0 Å². The number of aliphatic carboxylic acids is 4. The highest BCUT2D eigenvalue weighted by Crippen LogP contribution is 2.47. The summed E-state index contributed by atoms with van der Waals surface area (Å²) in [5, 5.41) is 55.1. The Balaban J connectivity index is 0.000000127. The number of nitrogen functional groups attached to an aromatic ring is 4. The molecule has 4 fully saturated rings. The average molecular weight is 2100 g/mol. The van der Waals surface area contributed by atoms with Gasteiger partial charge in [-0.05, 0) is 256 Å². The smallest absolute Gasteiger partial charge is 0.306 e. The van der Waals surface area contributed by atoms with E-state index >= 15 is 0 Å². The minimum Gasteiger partial charge on any atom is -0.497 e. The third-order valence-electron chi connectivity index (χ3n) is 27.0. The first kappa shape index (κ1) is 95.4. The van der Waals surface area contributed by atoms with Crippen LogP contribution in [-0.2, 0) is 19.2 Å². The molecule has 4 aliphatic carbocycles. The van der Waals surface area contributed by atoms with E-state index in [2.05, 4.69) is 170 Å². The van der Waals surface area contributed by atoms with Gasteiger partial charge in [-0.1, -0.05) is 107 Å². The van der Waals surface area contributed by atoms with Crippen LogP contribution in [0.5, 0.6) is 5.75 Å². The Bertz CT molecular complexity index is 7150. The number of halogens is 5. The van der Waals surface area contributed by atoms with Crippen molar-refractivity contribution in [3.05, 3.63) is 253 Å². The Hall–Kier alpha value is -13.3. The molecule has 0 radical (unpaired) electrons. The second-order valence-electron chi connectivity index (χ2n) is 36.0. The molecule has 34 heteroatoms. The van der Waals surface area contributed by atoms with Crippen LogP contribution < -0.4 is 27.7 Å². The third kappa shape index (κ3) is 20.3. The van der Waals surface area contributed by atoms with Gasteiger partial charge in [-0.15, -0.1) is 0 Å². The van der Waals surface area contributed by atoms with Crippen LogP contribution in [0, 0.1) is 29.5 Å². The van der Waals surface area contributed by atoms with Crippen LogP contribution in [-0.4, -0.2) is 130 Å². The third-order valence-corrected chi connectivity index (χ3v) is 30.2. The van der Waals surface area contributed by atoms with Crippen LogP contribution >= 0.6 is 63.7 Å². The molecule has 16 aromatic rings. The van der Waals surface area contributed by atoms with Crippen LogP contribution in [0.25, 0.3) is 112 Å². The number of fused-ring (bicyclic) bond motifs is 4. The number of nitrogens with zero attached hydrogens (tertiary/aromatic N) is 16. The first-order valence-electron chi connectivity index (χ1n) is 45.7. The van der Waals surface area contributed by atoms with Gasteiger partial charge < -0.3 is 48.1 Å². The predicted octanol–water partition coefficient (Wildman–Crippen LogP) is 23.0. The maximum absolute atomic E-state index is 13.6. The molecule has 29 nitrogen and oxygen atoms in total. The Morgan fingerprint density at radius 3 is 0.854 bits per heavy atom. The molecule has 0 bridgehead atoms. The van der Waals surface area contributed by atoms with Crippen molar-refractivity contribution in [2.24, 2.45) is 23.7 Å². The fourth-order valence-electron chi connectivity index (χ4n) is 18.8. The molecular formula is C103H101Br4FN20O9. The fourth-order valence-corrected chi connectivity index (χ4v) is 21.1. The van der Waals surface area contributed by atoms with Crippen molar-refractivity contribution >= 4 is 133 Å². The van der Waals surface area contributed by atoms with Crippen LogP contribution in [0.15, 0.2) is 213 Å². The quantitative estimate of drug-likeness (QED) is 0.0373. The van der Waals surface area contributed by atoms with Crippen LogP contribution in [0.4, 0.5) is 27.7 Å². The van der Waals surface area contributed by atoms with Gasteiger partial charge in [0.15, 0.2) is 22.6 Å². The monoisotopic (exact) mass is 2100 g/mol. The first-order valence-corrected chi connectivity index (χ1v) is 48.9. The topological polar surface area (TPSA) is 435 Å². The van der Waals surface area contributed by atoms with E-state index in [-0.39, 0.29) is 53.2 Å². The molecule has 4 aromatic carbocycles. The van der Waals surface area contributed by atoms with E-state index in [1.54, 1.807) is 62.2 Å². The van der Waals surface area contributed by atoms with Gasteiger partial charge in [-0.25, -0.2) is 24.3 Å². The molecular weight excluding hydrogens is 2000 g/mol. The molecule has 12 aromatic heterocycles. The number of hydrogen-bond donors (Lipinski definition) is 8. The fraction of sp³-hybridized carbons (Fsp3) is 0.301. The van der Waals surface area contributed by atoms with Crippen molar-refractivity contribution < 1.29 is 48.7 Å². The highest BCUT2D eigenvalue weighted by Gasteiger charge is 2.36. The average Bonchev–Trinajstić information content (AvgIpc) is 1.64. The summed E-state index contributed by atoms with van der Waals surface area (Å²) in [6.45, 7) is 8.74. The summed E-state index contributed by atoms with van der Waals surface area (Å²) in [6, 6.07) is 46.9. The minimum atomic E-state index is -0.734. The molecule has 4 saturated carbocycles. The first-order chi connectivity index (χ1) is 66.0. The predicted molar refractivity (Wildman–Crippen MR) is 539 cm³/mol. The van der Waals surface area contributed by atoms with Crippen molar-refractivity contribution in [3.63, 3.8) is 0 Å². The summed E-state index contributed by atoms with van der Waals surface area (Å²) >= 11 is 14.4. The highest BCUT2D eigenvalue weighted by molar-refractivity contribution is 9.11. The second-order valence-corrected chi connectivity index (χ2v) is 39.2. The lowest BCUT2D eigenvalue weighted by atomic mass is 9.80. The minimum absolute atomic E-state index is 0.124. The van der Waals surface area contributed by atoms with Gasteiger partial charge in [0.05, 0.1) is 119 Å². The van der Waals surface area contributed by atoms with Crippen LogP contribution in [0.2, 0.25) is 0 Å². The Morgan fingerprint density at radius 1 is 0.336 bits per heavy atom. The number of anilines is 4. The number of hydrogen-bond acceptors (Lipinski definition) is 21. The summed E-state index contributed by atoms with van der Waals surface area (Å²) in [6.07, 6.45) is 25.4. The van der Waals surface area contributed by atoms with Gasteiger partial charge in [-0.2, -0.15) is 38.5 Å². The maximum Gasteiger partial charge on any atom is 0.306 e. The molecule has 12 N–H and O–H groups in total. The second kappa shape index (κ2) is 41.3. The number of rotatable bonds is 19. The number of carbonyl (C=O) groups is 4. The number of nitrogens with two attached hydrogens (primary N) is 4. The molecule has 0 saturated heterocycles. The van der Waals surface area contributed by atoms with Gasteiger partial charge >= 0.3 is 23.9 Å². The van der Waals surface area contributed by atoms with Gasteiger partial charge in [0.1, 0.15) is 34.8 Å². The number of benzene rings is 4. The van der Waals surface area contributed by atoms with Crippen LogP contribution in [0.1, 0.15) is 200 Å². The largest absolute Gasteiger partial charge is 0.497 e. The Kier molecular flexibility index (Phi) is 28.8. The zero-order valence-electron chi connectivity index (χ0n) is 75.7. The Labute approximate surface area is 822 Å². The molecule has 702 valence electrons. The number of aromatic nitrogens is 16. The summed E-state index contributed by atoms with van der Waals surface area (Å²) in [5.41, 5.74) is 48.4. The van der Waals surface area contributed by atoms with Crippen molar-refractivity contribution in [2.75, 3.05) is 30.0 Å². The summed E-state index contributed by atoms with van der Waals surface area (Å²) in [5.74, 6) is -0.0658. The van der Waals surface area contributed by atoms with E-state index in [9.17, 15) is 44.0 Å². The number of methoxy groups -OCH3 is 1. The Morgan fingerprint density at radius 2 is 0.599 bits per heavy atom. The summed E-state index contributed by atoms with van der Waals surface area (Å²) in [7, 11) is 1.64. The molecule has 0 amide bonds. The molecule has 0 unspecified atom stereocenters. The number of ether oxygens (including phenoxy) is 1. The lowest BCUT2D eigenvalue weighted by molar-refractivity contribution is -0.143. The molecule has 0 atom stereocenters. The van der Waals surface area contributed by atoms with E-state index in [0.717, 1.165) is 172 Å². The number of pyridine rings is 4. The van der Waals surface area contributed by atoms with Gasteiger partial charge in [0, 0.05) is 115 Å². The maximum atomic E-state index is 13.6. The van der Waals surface area contributed by atoms with E-state index in [1.807, 2.05) is 97.5 Å². The zero-order chi connectivity index (χ0) is 96.3.